The van der Waals surface area contributed by atoms with Gasteiger partial charge in [-0.1, -0.05) is 32.0 Å². The van der Waals surface area contributed by atoms with Crippen LogP contribution in [-0.2, 0) is 16.6 Å². The van der Waals surface area contributed by atoms with Gasteiger partial charge in [0.1, 0.15) is 5.75 Å². The molecule has 0 unspecified atom stereocenters. The SMILES string of the molecule is CC(C)COc1ccc(C(=O)NCc2ccccc2S(=O)(=O)N(C)C)cc1. The van der Waals surface area contributed by atoms with Gasteiger partial charge in [0.05, 0.1) is 11.5 Å². The Hall–Kier alpha value is -2.38. The fourth-order valence-electron chi connectivity index (χ4n) is 2.34. The number of carbonyl (C=O) groups excluding carboxylic acids is 1. The summed E-state index contributed by atoms with van der Waals surface area (Å²) in [5, 5.41) is 2.77. The largest absolute Gasteiger partial charge is 0.493 e. The summed E-state index contributed by atoms with van der Waals surface area (Å²) in [5.41, 5.74) is 1.02. The molecule has 1 amide bonds. The van der Waals surface area contributed by atoms with Crippen LogP contribution in [0.2, 0.25) is 0 Å². The second-order valence-corrected chi connectivity index (χ2v) is 8.93. The van der Waals surface area contributed by atoms with Crippen molar-refractivity contribution in [3.05, 3.63) is 59.7 Å². The zero-order valence-corrected chi connectivity index (χ0v) is 16.9. The lowest BCUT2D eigenvalue weighted by Crippen LogP contribution is -2.27. The van der Waals surface area contributed by atoms with Gasteiger partial charge < -0.3 is 10.1 Å². The van der Waals surface area contributed by atoms with E-state index in [9.17, 15) is 13.2 Å². The molecule has 0 aromatic heterocycles. The maximum Gasteiger partial charge on any atom is 0.251 e. The Morgan fingerprint density at radius 1 is 1.07 bits per heavy atom. The predicted octanol–water partition coefficient (Wildman–Crippen LogP) is 2.90. The van der Waals surface area contributed by atoms with E-state index in [0.717, 1.165) is 4.31 Å². The van der Waals surface area contributed by atoms with Crippen molar-refractivity contribution in [2.45, 2.75) is 25.3 Å². The summed E-state index contributed by atoms with van der Waals surface area (Å²) < 4.78 is 31.6. The van der Waals surface area contributed by atoms with Crippen LogP contribution in [0.3, 0.4) is 0 Å². The molecule has 0 aliphatic carbocycles. The molecular formula is C20H26N2O4S. The highest BCUT2D eigenvalue weighted by Gasteiger charge is 2.20. The number of amides is 1. The van der Waals surface area contributed by atoms with Crippen molar-refractivity contribution in [2.24, 2.45) is 5.92 Å². The third kappa shape index (κ3) is 5.55. The summed E-state index contributed by atoms with van der Waals surface area (Å²) in [6.45, 7) is 4.86. The second-order valence-electron chi connectivity index (χ2n) is 6.81. The lowest BCUT2D eigenvalue weighted by atomic mass is 10.2. The first-order chi connectivity index (χ1) is 12.7. The van der Waals surface area contributed by atoms with E-state index in [0.29, 0.717) is 29.4 Å². The Bertz CT molecular complexity index is 875. The molecule has 0 bridgehead atoms. The van der Waals surface area contributed by atoms with Crippen LogP contribution >= 0.6 is 0 Å². The van der Waals surface area contributed by atoms with E-state index in [4.69, 9.17) is 4.74 Å². The molecular weight excluding hydrogens is 364 g/mol. The van der Waals surface area contributed by atoms with E-state index in [1.54, 1.807) is 42.5 Å². The molecule has 2 rings (SSSR count). The van der Waals surface area contributed by atoms with Crippen LogP contribution in [0.4, 0.5) is 0 Å². The van der Waals surface area contributed by atoms with Crippen LogP contribution < -0.4 is 10.1 Å². The van der Waals surface area contributed by atoms with Gasteiger partial charge in [-0.3, -0.25) is 4.79 Å². The van der Waals surface area contributed by atoms with E-state index in [-0.39, 0.29) is 17.3 Å². The highest BCUT2D eigenvalue weighted by molar-refractivity contribution is 7.89. The molecule has 146 valence electrons. The minimum Gasteiger partial charge on any atom is -0.493 e. The van der Waals surface area contributed by atoms with Crippen molar-refractivity contribution in [3.63, 3.8) is 0 Å². The molecule has 0 atom stereocenters. The molecule has 0 saturated heterocycles. The van der Waals surface area contributed by atoms with Crippen LogP contribution in [0.1, 0.15) is 29.8 Å². The fourth-order valence-corrected chi connectivity index (χ4v) is 3.46. The molecule has 2 aromatic rings. The Morgan fingerprint density at radius 3 is 2.30 bits per heavy atom. The molecule has 0 heterocycles. The van der Waals surface area contributed by atoms with Crippen molar-refractivity contribution >= 4 is 15.9 Å². The molecule has 0 radical (unpaired) electrons. The molecule has 0 aliphatic heterocycles. The van der Waals surface area contributed by atoms with Crippen molar-refractivity contribution in [1.82, 2.24) is 9.62 Å². The van der Waals surface area contributed by atoms with Crippen molar-refractivity contribution < 1.29 is 17.9 Å². The second kappa shape index (κ2) is 9.01. The number of ether oxygens (including phenoxy) is 1. The van der Waals surface area contributed by atoms with Crippen molar-refractivity contribution in [2.75, 3.05) is 20.7 Å². The first-order valence-electron chi connectivity index (χ1n) is 8.73. The summed E-state index contributed by atoms with van der Waals surface area (Å²) in [6, 6.07) is 13.5. The number of nitrogens with zero attached hydrogens (tertiary/aromatic N) is 1. The standard InChI is InChI=1S/C20H26N2O4S/c1-15(2)14-26-18-11-9-16(10-12-18)20(23)21-13-17-7-5-6-8-19(17)27(24,25)22(3)4/h5-12,15H,13-14H2,1-4H3,(H,21,23). The molecule has 2 aromatic carbocycles. The van der Waals surface area contributed by atoms with Crippen LogP contribution in [-0.4, -0.2) is 39.3 Å². The van der Waals surface area contributed by atoms with E-state index < -0.39 is 10.0 Å². The lowest BCUT2D eigenvalue weighted by Gasteiger charge is -2.15. The average molecular weight is 391 g/mol. The molecule has 0 aliphatic rings. The van der Waals surface area contributed by atoms with E-state index >= 15 is 0 Å². The Kier molecular flexibility index (Phi) is 6.98. The van der Waals surface area contributed by atoms with Crippen LogP contribution in [0.25, 0.3) is 0 Å². The van der Waals surface area contributed by atoms with E-state index in [1.807, 2.05) is 0 Å². The van der Waals surface area contributed by atoms with Gasteiger partial charge in [0.2, 0.25) is 10.0 Å². The van der Waals surface area contributed by atoms with Crippen LogP contribution in [0.5, 0.6) is 5.75 Å². The minimum absolute atomic E-state index is 0.119. The molecule has 27 heavy (non-hydrogen) atoms. The zero-order valence-electron chi connectivity index (χ0n) is 16.1. The van der Waals surface area contributed by atoms with Gasteiger partial charge in [0, 0.05) is 26.2 Å². The first kappa shape index (κ1) is 20.9. The van der Waals surface area contributed by atoms with E-state index in [2.05, 4.69) is 19.2 Å². The summed E-state index contributed by atoms with van der Waals surface area (Å²) in [4.78, 5) is 12.6. The van der Waals surface area contributed by atoms with Crippen LogP contribution in [0.15, 0.2) is 53.4 Å². The molecule has 7 heteroatoms. The van der Waals surface area contributed by atoms with Crippen LogP contribution in [0, 0.1) is 5.92 Å². The number of sulfonamides is 1. The highest BCUT2D eigenvalue weighted by atomic mass is 32.2. The molecule has 0 saturated carbocycles. The molecule has 0 spiro atoms. The summed E-state index contributed by atoms with van der Waals surface area (Å²) >= 11 is 0. The lowest BCUT2D eigenvalue weighted by molar-refractivity contribution is 0.0950. The Balaban J connectivity index is 2.06. The average Bonchev–Trinajstić information content (AvgIpc) is 2.64. The number of hydrogen-bond donors (Lipinski definition) is 1. The number of hydrogen-bond acceptors (Lipinski definition) is 4. The summed E-state index contributed by atoms with van der Waals surface area (Å²) in [5.74, 6) is 0.858. The topological polar surface area (TPSA) is 75.7 Å². The fraction of sp³-hybridized carbons (Fsp3) is 0.350. The Morgan fingerprint density at radius 2 is 1.70 bits per heavy atom. The molecule has 0 fully saturated rings. The summed E-state index contributed by atoms with van der Waals surface area (Å²) in [7, 11) is -0.614. The number of benzene rings is 2. The van der Waals surface area contributed by atoms with Crippen molar-refractivity contribution in [3.8, 4) is 5.75 Å². The smallest absolute Gasteiger partial charge is 0.251 e. The molecule has 6 nitrogen and oxygen atoms in total. The Labute approximate surface area is 161 Å². The normalized spacial score (nSPS) is 11.6. The third-order valence-corrected chi connectivity index (χ3v) is 5.79. The monoisotopic (exact) mass is 390 g/mol. The van der Waals surface area contributed by atoms with Gasteiger partial charge in [0.15, 0.2) is 0 Å². The summed E-state index contributed by atoms with van der Waals surface area (Å²) in [6.07, 6.45) is 0. The van der Waals surface area contributed by atoms with Gasteiger partial charge in [-0.15, -0.1) is 0 Å². The molecule has 1 N–H and O–H groups in total. The minimum atomic E-state index is -3.57. The van der Waals surface area contributed by atoms with Gasteiger partial charge in [-0.05, 0) is 41.8 Å². The number of rotatable bonds is 8. The first-order valence-corrected chi connectivity index (χ1v) is 10.2. The number of carbonyl (C=O) groups is 1. The van der Waals surface area contributed by atoms with Gasteiger partial charge in [-0.25, -0.2) is 12.7 Å². The quantitative estimate of drug-likeness (QED) is 0.752. The maximum absolute atomic E-state index is 12.4. The van der Waals surface area contributed by atoms with Gasteiger partial charge in [0.25, 0.3) is 5.91 Å². The maximum atomic E-state index is 12.4. The zero-order chi connectivity index (χ0) is 20.0. The van der Waals surface area contributed by atoms with Crippen molar-refractivity contribution in [1.29, 1.82) is 0 Å². The third-order valence-electron chi connectivity index (χ3n) is 3.87. The predicted molar refractivity (Wildman–Crippen MR) is 105 cm³/mol. The number of nitrogens with one attached hydrogen (secondary N) is 1. The van der Waals surface area contributed by atoms with Gasteiger partial charge >= 0.3 is 0 Å². The van der Waals surface area contributed by atoms with E-state index in [1.165, 1.54) is 20.2 Å². The van der Waals surface area contributed by atoms with Gasteiger partial charge in [-0.2, -0.15) is 0 Å². The highest BCUT2D eigenvalue weighted by Crippen LogP contribution is 2.19.